The average molecular weight is 283 g/mol. The summed E-state index contributed by atoms with van der Waals surface area (Å²) in [6, 6.07) is 2.17. The number of carbonyl (C=O) groups excluding carboxylic acids is 1. The predicted molar refractivity (Wildman–Crippen MR) is 76.5 cm³/mol. The molecule has 1 aromatic rings. The van der Waals surface area contributed by atoms with Gasteiger partial charge in [0.05, 0.1) is 5.92 Å². The SMILES string of the molecule is Cc1cc(CCCC(=O)NC[C@@H](C)C(=O)O)c(C)s1. The molecule has 106 valence electrons. The Bertz CT molecular complexity index is 454. The molecule has 0 bridgehead atoms. The van der Waals surface area contributed by atoms with Crippen LogP contribution in [0.4, 0.5) is 0 Å². The molecule has 0 saturated carbocycles. The van der Waals surface area contributed by atoms with Crippen molar-refractivity contribution in [3.05, 3.63) is 21.4 Å². The maximum Gasteiger partial charge on any atom is 0.308 e. The fourth-order valence-electron chi connectivity index (χ4n) is 1.81. The van der Waals surface area contributed by atoms with Crippen molar-refractivity contribution >= 4 is 23.2 Å². The van der Waals surface area contributed by atoms with Gasteiger partial charge in [-0.2, -0.15) is 0 Å². The van der Waals surface area contributed by atoms with Crippen LogP contribution >= 0.6 is 11.3 Å². The number of hydrogen-bond donors (Lipinski definition) is 2. The third-order valence-electron chi connectivity index (χ3n) is 3.02. The smallest absolute Gasteiger partial charge is 0.308 e. The van der Waals surface area contributed by atoms with Crippen LogP contribution in [0.3, 0.4) is 0 Å². The summed E-state index contributed by atoms with van der Waals surface area (Å²) in [5.41, 5.74) is 1.31. The molecule has 0 aliphatic rings. The van der Waals surface area contributed by atoms with Crippen LogP contribution < -0.4 is 5.32 Å². The lowest BCUT2D eigenvalue weighted by molar-refractivity contribution is -0.141. The number of hydrogen-bond acceptors (Lipinski definition) is 3. The highest BCUT2D eigenvalue weighted by Crippen LogP contribution is 2.22. The molecule has 0 fully saturated rings. The first-order chi connectivity index (χ1) is 8.90. The lowest BCUT2D eigenvalue weighted by Gasteiger charge is -2.08. The number of nitrogens with one attached hydrogen (secondary N) is 1. The molecule has 0 aliphatic heterocycles. The van der Waals surface area contributed by atoms with E-state index in [0.717, 1.165) is 12.8 Å². The first kappa shape index (κ1) is 15.7. The van der Waals surface area contributed by atoms with E-state index >= 15 is 0 Å². The number of aliphatic carboxylic acids is 1. The standard InChI is InChI=1S/C14H21NO3S/c1-9(14(17)18)8-15-13(16)6-4-5-12-7-10(2)19-11(12)3/h7,9H,4-6,8H2,1-3H3,(H,15,16)(H,17,18)/t9-/m1/s1. The predicted octanol–water partition coefficient (Wildman–Crippen LogP) is 2.52. The highest BCUT2D eigenvalue weighted by Gasteiger charge is 2.12. The first-order valence-corrected chi connectivity index (χ1v) is 7.27. The molecule has 1 heterocycles. The van der Waals surface area contributed by atoms with Gasteiger partial charge < -0.3 is 10.4 Å². The minimum Gasteiger partial charge on any atom is -0.481 e. The van der Waals surface area contributed by atoms with Crippen LogP contribution in [0.1, 0.15) is 35.1 Å². The summed E-state index contributed by atoms with van der Waals surface area (Å²) < 4.78 is 0. The Morgan fingerprint density at radius 2 is 2.11 bits per heavy atom. The van der Waals surface area contributed by atoms with Gasteiger partial charge in [0, 0.05) is 22.7 Å². The molecule has 0 radical (unpaired) electrons. The number of carboxylic acid groups (broad SMARTS) is 1. The van der Waals surface area contributed by atoms with Gasteiger partial charge in [0.2, 0.25) is 5.91 Å². The van der Waals surface area contributed by atoms with Crippen molar-refractivity contribution in [1.29, 1.82) is 0 Å². The van der Waals surface area contributed by atoms with Gasteiger partial charge in [0.25, 0.3) is 0 Å². The monoisotopic (exact) mass is 283 g/mol. The number of carboxylic acids is 1. The van der Waals surface area contributed by atoms with E-state index in [2.05, 4.69) is 25.2 Å². The molecule has 1 amide bonds. The van der Waals surface area contributed by atoms with Crippen molar-refractivity contribution in [1.82, 2.24) is 5.32 Å². The van der Waals surface area contributed by atoms with Crippen LogP contribution in [0.5, 0.6) is 0 Å². The maximum absolute atomic E-state index is 11.5. The van der Waals surface area contributed by atoms with Gasteiger partial charge in [0.1, 0.15) is 0 Å². The Balaban J connectivity index is 2.24. The summed E-state index contributed by atoms with van der Waals surface area (Å²) >= 11 is 1.78. The Hall–Kier alpha value is -1.36. The van der Waals surface area contributed by atoms with Crippen LogP contribution in [-0.4, -0.2) is 23.5 Å². The first-order valence-electron chi connectivity index (χ1n) is 6.45. The van der Waals surface area contributed by atoms with E-state index in [1.165, 1.54) is 15.3 Å². The van der Waals surface area contributed by atoms with Gasteiger partial charge in [-0.05, 0) is 38.3 Å². The van der Waals surface area contributed by atoms with Crippen LogP contribution in [0, 0.1) is 19.8 Å². The van der Waals surface area contributed by atoms with Gasteiger partial charge >= 0.3 is 5.97 Å². The van der Waals surface area contributed by atoms with Gasteiger partial charge in [-0.15, -0.1) is 11.3 Å². The second-order valence-electron chi connectivity index (χ2n) is 4.84. The second kappa shape index (κ2) is 7.28. The molecule has 0 aliphatic carbocycles. The van der Waals surface area contributed by atoms with Crippen molar-refractivity contribution in [3.8, 4) is 0 Å². The Morgan fingerprint density at radius 3 is 2.63 bits per heavy atom. The molecule has 5 heteroatoms. The molecule has 1 atom stereocenters. The largest absolute Gasteiger partial charge is 0.481 e. The van der Waals surface area contributed by atoms with Crippen LogP contribution in [-0.2, 0) is 16.0 Å². The summed E-state index contributed by atoms with van der Waals surface area (Å²) in [5, 5.41) is 11.4. The summed E-state index contributed by atoms with van der Waals surface area (Å²) in [7, 11) is 0. The molecule has 0 saturated heterocycles. The molecular weight excluding hydrogens is 262 g/mol. The number of amides is 1. The third-order valence-corrected chi connectivity index (χ3v) is 4.03. The minimum absolute atomic E-state index is 0.0716. The molecule has 19 heavy (non-hydrogen) atoms. The van der Waals surface area contributed by atoms with E-state index < -0.39 is 11.9 Å². The van der Waals surface area contributed by atoms with E-state index in [1.54, 1.807) is 18.3 Å². The van der Waals surface area contributed by atoms with Crippen LogP contribution in [0.2, 0.25) is 0 Å². The van der Waals surface area contributed by atoms with Gasteiger partial charge in [-0.1, -0.05) is 6.92 Å². The minimum atomic E-state index is -0.885. The quantitative estimate of drug-likeness (QED) is 0.808. The summed E-state index contributed by atoms with van der Waals surface area (Å²) in [5.74, 6) is -1.49. The number of carbonyl (C=O) groups is 2. The maximum atomic E-state index is 11.5. The van der Waals surface area contributed by atoms with Crippen molar-refractivity contribution < 1.29 is 14.7 Å². The van der Waals surface area contributed by atoms with Gasteiger partial charge in [-0.25, -0.2) is 0 Å². The lowest BCUT2D eigenvalue weighted by Crippen LogP contribution is -2.31. The van der Waals surface area contributed by atoms with Crippen molar-refractivity contribution in [2.24, 2.45) is 5.92 Å². The average Bonchev–Trinajstić information content (AvgIpc) is 2.64. The molecule has 1 rings (SSSR count). The summed E-state index contributed by atoms with van der Waals surface area (Å²) in [4.78, 5) is 24.8. The summed E-state index contributed by atoms with van der Waals surface area (Å²) in [6.45, 7) is 5.97. The van der Waals surface area contributed by atoms with Crippen LogP contribution in [0.15, 0.2) is 6.07 Å². The van der Waals surface area contributed by atoms with E-state index in [1.807, 2.05) is 0 Å². The van der Waals surface area contributed by atoms with E-state index in [-0.39, 0.29) is 12.5 Å². The highest BCUT2D eigenvalue weighted by molar-refractivity contribution is 7.12. The molecule has 0 aromatic carbocycles. The van der Waals surface area contributed by atoms with E-state index in [9.17, 15) is 9.59 Å². The Morgan fingerprint density at radius 1 is 1.42 bits per heavy atom. The van der Waals surface area contributed by atoms with Gasteiger partial charge in [0.15, 0.2) is 0 Å². The molecule has 1 aromatic heterocycles. The van der Waals surface area contributed by atoms with Crippen molar-refractivity contribution in [3.63, 3.8) is 0 Å². The molecule has 2 N–H and O–H groups in total. The zero-order chi connectivity index (χ0) is 14.4. The lowest BCUT2D eigenvalue weighted by atomic mass is 10.1. The normalized spacial score (nSPS) is 12.2. The fraction of sp³-hybridized carbons (Fsp3) is 0.571. The third kappa shape index (κ3) is 5.42. The summed E-state index contributed by atoms with van der Waals surface area (Å²) in [6.07, 6.45) is 2.14. The number of thiophene rings is 1. The van der Waals surface area contributed by atoms with Crippen LogP contribution in [0.25, 0.3) is 0 Å². The zero-order valence-corrected chi connectivity index (χ0v) is 12.5. The number of rotatable bonds is 7. The van der Waals surface area contributed by atoms with Crippen molar-refractivity contribution in [2.75, 3.05) is 6.54 Å². The van der Waals surface area contributed by atoms with Gasteiger partial charge in [-0.3, -0.25) is 9.59 Å². The molecule has 4 nitrogen and oxygen atoms in total. The molecular formula is C14H21NO3S. The second-order valence-corrected chi connectivity index (χ2v) is 6.30. The van der Waals surface area contributed by atoms with E-state index in [0.29, 0.717) is 6.42 Å². The Labute approximate surface area is 117 Å². The molecule has 0 unspecified atom stereocenters. The number of aryl methyl sites for hydroxylation is 3. The topological polar surface area (TPSA) is 66.4 Å². The fourth-order valence-corrected chi connectivity index (χ4v) is 2.79. The van der Waals surface area contributed by atoms with Crippen molar-refractivity contribution in [2.45, 2.75) is 40.0 Å². The zero-order valence-electron chi connectivity index (χ0n) is 11.7. The Kier molecular flexibility index (Phi) is 6.02. The van der Waals surface area contributed by atoms with E-state index in [4.69, 9.17) is 5.11 Å². The highest BCUT2D eigenvalue weighted by atomic mass is 32.1. The molecule has 0 spiro atoms.